The van der Waals surface area contributed by atoms with Gasteiger partial charge in [0.05, 0.1) is 12.3 Å². The van der Waals surface area contributed by atoms with Crippen molar-refractivity contribution in [1.29, 1.82) is 0 Å². The predicted molar refractivity (Wildman–Crippen MR) is 90.3 cm³/mol. The molecule has 2 N–H and O–H groups in total. The summed E-state index contributed by atoms with van der Waals surface area (Å²) in [5, 5.41) is 12.6. The van der Waals surface area contributed by atoms with Crippen molar-refractivity contribution >= 4 is 21.6 Å². The summed E-state index contributed by atoms with van der Waals surface area (Å²) in [6.45, 7) is 11.4. The number of nitrogens with one attached hydrogen (secondary N) is 1. The molecule has 0 heterocycles. The minimum absolute atomic E-state index is 0.169. The van der Waals surface area contributed by atoms with Crippen LogP contribution in [0.1, 0.15) is 33.3 Å². The minimum Gasteiger partial charge on any atom is -0.395 e. The Labute approximate surface area is 131 Å². The zero-order chi connectivity index (χ0) is 15.1. The van der Waals surface area contributed by atoms with E-state index in [0.29, 0.717) is 18.5 Å². The Hall–Kier alpha value is -0.580. The predicted octanol–water partition coefficient (Wildman–Crippen LogP) is 3.40. The first-order chi connectivity index (χ1) is 9.45. The number of aliphatic hydroxyl groups is 1. The van der Waals surface area contributed by atoms with Crippen LogP contribution in [0.2, 0.25) is 0 Å². The maximum Gasteiger partial charge on any atom is 0.0606 e. The van der Waals surface area contributed by atoms with Gasteiger partial charge >= 0.3 is 0 Å². The van der Waals surface area contributed by atoms with E-state index in [0.717, 1.165) is 23.2 Å². The molecule has 0 bridgehead atoms. The molecule has 0 fully saturated rings. The van der Waals surface area contributed by atoms with Crippen LogP contribution in [0, 0.1) is 5.92 Å². The number of anilines is 1. The number of halogens is 1. The number of rotatable bonds is 8. The van der Waals surface area contributed by atoms with E-state index in [2.05, 4.69) is 72.0 Å². The van der Waals surface area contributed by atoms with Crippen LogP contribution in [0.5, 0.6) is 0 Å². The second-order valence-electron chi connectivity index (χ2n) is 5.82. The van der Waals surface area contributed by atoms with Crippen LogP contribution >= 0.6 is 15.9 Å². The standard InChI is InChI=1S/C16H27BrN2O/c1-12(2)10-18-11-14-5-6-16(15(17)9-14)19(7-8-20)13(3)4/h5-6,9,12-13,18,20H,7-8,10-11H2,1-4H3. The monoisotopic (exact) mass is 342 g/mol. The topological polar surface area (TPSA) is 35.5 Å². The molecule has 0 spiro atoms. The zero-order valence-electron chi connectivity index (χ0n) is 13.0. The number of benzene rings is 1. The van der Waals surface area contributed by atoms with Crippen LogP contribution in [0.4, 0.5) is 5.69 Å². The molecular formula is C16H27BrN2O. The Balaban J connectivity index is 2.76. The summed E-state index contributed by atoms with van der Waals surface area (Å²) in [5.74, 6) is 0.665. The Morgan fingerprint density at radius 2 is 1.95 bits per heavy atom. The third-order valence-electron chi connectivity index (χ3n) is 3.17. The fourth-order valence-electron chi connectivity index (χ4n) is 2.16. The molecule has 1 aromatic carbocycles. The van der Waals surface area contributed by atoms with Crippen molar-refractivity contribution in [2.75, 3.05) is 24.6 Å². The molecule has 0 atom stereocenters. The Morgan fingerprint density at radius 1 is 1.25 bits per heavy atom. The molecule has 4 heteroatoms. The number of hydrogen-bond acceptors (Lipinski definition) is 3. The number of hydrogen-bond donors (Lipinski definition) is 2. The lowest BCUT2D eigenvalue weighted by Crippen LogP contribution is -2.33. The van der Waals surface area contributed by atoms with E-state index in [4.69, 9.17) is 0 Å². The zero-order valence-corrected chi connectivity index (χ0v) is 14.6. The van der Waals surface area contributed by atoms with Gasteiger partial charge in [0.15, 0.2) is 0 Å². The summed E-state index contributed by atoms with van der Waals surface area (Å²) in [7, 11) is 0. The molecule has 0 radical (unpaired) electrons. The molecule has 20 heavy (non-hydrogen) atoms. The molecule has 114 valence electrons. The van der Waals surface area contributed by atoms with E-state index in [1.54, 1.807) is 0 Å². The third kappa shape index (κ3) is 5.43. The van der Waals surface area contributed by atoms with Crippen molar-refractivity contribution in [3.63, 3.8) is 0 Å². The van der Waals surface area contributed by atoms with Gasteiger partial charge in [-0.3, -0.25) is 0 Å². The van der Waals surface area contributed by atoms with E-state index >= 15 is 0 Å². The average molecular weight is 343 g/mol. The average Bonchev–Trinajstić information content (AvgIpc) is 2.36. The SMILES string of the molecule is CC(C)CNCc1ccc(N(CCO)C(C)C)c(Br)c1. The molecule has 0 aliphatic rings. The fourth-order valence-corrected chi connectivity index (χ4v) is 2.82. The molecule has 1 aromatic rings. The molecule has 0 saturated heterocycles. The first-order valence-electron chi connectivity index (χ1n) is 7.32. The fraction of sp³-hybridized carbons (Fsp3) is 0.625. The van der Waals surface area contributed by atoms with Gasteiger partial charge in [-0.1, -0.05) is 19.9 Å². The van der Waals surface area contributed by atoms with Gasteiger partial charge < -0.3 is 15.3 Å². The summed E-state index contributed by atoms with van der Waals surface area (Å²) in [6.07, 6.45) is 0. The lowest BCUT2D eigenvalue weighted by atomic mass is 10.1. The molecule has 0 amide bonds. The van der Waals surface area contributed by atoms with Gasteiger partial charge in [0, 0.05) is 23.6 Å². The molecule has 0 unspecified atom stereocenters. The largest absolute Gasteiger partial charge is 0.395 e. The Morgan fingerprint density at radius 3 is 2.45 bits per heavy atom. The summed E-state index contributed by atoms with van der Waals surface area (Å²) < 4.78 is 1.09. The van der Waals surface area contributed by atoms with Crippen molar-refractivity contribution in [1.82, 2.24) is 5.32 Å². The lowest BCUT2D eigenvalue weighted by molar-refractivity contribution is 0.299. The molecule has 0 aliphatic heterocycles. The molecule has 0 saturated carbocycles. The molecule has 0 aromatic heterocycles. The lowest BCUT2D eigenvalue weighted by Gasteiger charge is -2.29. The number of nitrogens with zero attached hydrogens (tertiary/aromatic N) is 1. The minimum atomic E-state index is 0.169. The van der Waals surface area contributed by atoms with Gasteiger partial charge in [0.25, 0.3) is 0 Å². The summed E-state index contributed by atoms with van der Waals surface area (Å²) in [6, 6.07) is 6.81. The normalized spacial score (nSPS) is 11.4. The van der Waals surface area contributed by atoms with Crippen LogP contribution in [-0.4, -0.2) is 30.8 Å². The van der Waals surface area contributed by atoms with Crippen molar-refractivity contribution in [2.24, 2.45) is 5.92 Å². The maximum absolute atomic E-state index is 9.19. The molecule has 1 rings (SSSR count). The maximum atomic E-state index is 9.19. The second kappa shape index (κ2) is 8.65. The van der Waals surface area contributed by atoms with Crippen LogP contribution < -0.4 is 10.2 Å². The number of aliphatic hydroxyl groups excluding tert-OH is 1. The van der Waals surface area contributed by atoms with Crippen molar-refractivity contribution < 1.29 is 5.11 Å². The van der Waals surface area contributed by atoms with E-state index < -0.39 is 0 Å². The summed E-state index contributed by atoms with van der Waals surface area (Å²) in [5.41, 5.74) is 2.41. The first kappa shape index (κ1) is 17.5. The molecule has 0 aliphatic carbocycles. The highest BCUT2D eigenvalue weighted by atomic mass is 79.9. The van der Waals surface area contributed by atoms with Crippen molar-refractivity contribution in [2.45, 2.75) is 40.3 Å². The summed E-state index contributed by atoms with van der Waals surface area (Å²) >= 11 is 3.66. The van der Waals surface area contributed by atoms with Crippen LogP contribution in [-0.2, 0) is 6.54 Å². The van der Waals surface area contributed by atoms with Crippen LogP contribution in [0.3, 0.4) is 0 Å². The van der Waals surface area contributed by atoms with E-state index in [9.17, 15) is 5.11 Å². The van der Waals surface area contributed by atoms with E-state index in [1.807, 2.05) is 0 Å². The van der Waals surface area contributed by atoms with Crippen molar-refractivity contribution in [3.8, 4) is 0 Å². The quantitative estimate of drug-likeness (QED) is 0.759. The van der Waals surface area contributed by atoms with Gasteiger partial charge in [-0.05, 0) is 59.9 Å². The molecular weight excluding hydrogens is 316 g/mol. The highest BCUT2D eigenvalue weighted by Gasteiger charge is 2.13. The van der Waals surface area contributed by atoms with E-state index in [-0.39, 0.29) is 6.61 Å². The van der Waals surface area contributed by atoms with Gasteiger partial charge in [-0.2, -0.15) is 0 Å². The second-order valence-corrected chi connectivity index (χ2v) is 6.68. The highest BCUT2D eigenvalue weighted by molar-refractivity contribution is 9.10. The van der Waals surface area contributed by atoms with Gasteiger partial charge in [-0.25, -0.2) is 0 Å². The third-order valence-corrected chi connectivity index (χ3v) is 3.80. The van der Waals surface area contributed by atoms with Crippen LogP contribution in [0.15, 0.2) is 22.7 Å². The molecule has 3 nitrogen and oxygen atoms in total. The van der Waals surface area contributed by atoms with Gasteiger partial charge in [0.2, 0.25) is 0 Å². The van der Waals surface area contributed by atoms with E-state index in [1.165, 1.54) is 5.56 Å². The van der Waals surface area contributed by atoms with Crippen molar-refractivity contribution in [3.05, 3.63) is 28.2 Å². The Kier molecular flexibility index (Phi) is 7.56. The Bertz CT molecular complexity index is 407. The van der Waals surface area contributed by atoms with Gasteiger partial charge in [-0.15, -0.1) is 0 Å². The van der Waals surface area contributed by atoms with Gasteiger partial charge in [0.1, 0.15) is 0 Å². The van der Waals surface area contributed by atoms with Crippen LogP contribution in [0.25, 0.3) is 0 Å². The smallest absolute Gasteiger partial charge is 0.0606 e. The first-order valence-corrected chi connectivity index (χ1v) is 8.11. The highest BCUT2D eigenvalue weighted by Crippen LogP contribution is 2.28. The summed E-state index contributed by atoms with van der Waals surface area (Å²) in [4.78, 5) is 2.20.